The van der Waals surface area contributed by atoms with Gasteiger partial charge in [0.15, 0.2) is 5.82 Å². The Balaban J connectivity index is 1.68. The van der Waals surface area contributed by atoms with Gasteiger partial charge < -0.3 is 15.4 Å². The maximum absolute atomic E-state index is 12.3. The van der Waals surface area contributed by atoms with Crippen LogP contribution in [0.1, 0.15) is 11.3 Å². The van der Waals surface area contributed by atoms with Crippen molar-refractivity contribution in [1.29, 1.82) is 0 Å². The van der Waals surface area contributed by atoms with Crippen LogP contribution in [0.3, 0.4) is 0 Å². The Morgan fingerprint density at radius 1 is 1.29 bits per heavy atom. The summed E-state index contributed by atoms with van der Waals surface area (Å²) in [5, 5.41) is 22.7. The van der Waals surface area contributed by atoms with Crippen LogP contribution >= 0.6 is 39.1 Å². The minimum atomic E-state index is -0.618. The van der Waals surface area contributed by atoms with Crippen molar-refractivity contribution in [2.45, 2.75) is 20.0 Å². The Labute approximate surface area is 177 Å². The largest absolute Gasteiger partial charge is 0.404 e. The van der Waals surface area contributed by atoms with Gasteiger partial charge in [-0.2, -0.15) is 9.78 Å². The number of amides is 1. The topological polar surface area (TPSA) is 108 Å². The standard InChI is InChI=1S/C16H13BrCl2N6O3/c1-9-15(17)16(25(27)28)22-24(9)8-14(26)20-13-5-6-23(21-13)7-10-11(18)3-2-4-12(10)19/h2-6H,7-8H2,1H3,(H,20,21,26). The molecule has 2 aromatic heterocycles. The summed E-state index contributed by atoms with van der Waals surface area (Å²) in [7, 11) is 0. The second-order valence-corrected chi connectivity index (χ2v) is 7.39. The fourth-order valence-corrected chi connectivity index (χ4v) is 3.40. The van der Waals surface area contributed by atoms with E-state index in [1.54, 1.807) is 42.1 Å². The molecule has 3 aromatic rings. The molecule has 1 N–H and O–H groups in total. The van der Waals surface area contributed by atoms with E-state index in [0.29, 0.717) is 28.1 Å². The number of benzene rings is 1. The second-order valence-electron chi connectivity index (χ2n) is 5.78. The first-order valence-electron chi connectivity index (χ1n) is 7.89. The molecule has 3 rings (SSSR count). The average molecular weight is 488 g/mol. The van der Waals surface area contributed by atoms with Crippen molar-refractivity contribution < 1.29 is 9.72 Å². The van der Waals surface area contributed by atoms with Crippen molar-refractivity contribution >= 4 is 56.7 Å². The van der Waals surface area contributed by atoms with Gasteiger partial charge in [0.25, 0.3) is 0 Å². The number of carbonyl (C=O) groups is 1. The average Bonchev–Trinajstić information content (AvgIpc) is 3.17. The number of hydrogen-bond acceptors (Lipinski definition) is 5. The van der Waals surface area contributed by atoms with Crippen LogP contribution in [0.15, 0.2) is 34.9 Å². The van der Waals surface area contributed by atoms with Crippen molar-refractivity contribution in [1.82, 2.24) is 19.6 Å². The highest BCUT2D eigenvalue weighted by molar-refractivity contribution is 9.10. The molecule has 12 heteroatoms. The Morgan fingerprint density at radius 3 is 2.57 bits per heavy atom. The van der Waals surface area contributed by atoms with Gasteiger partial charge in [0, 0.05) is 27.9 Å². The van der Waals surface area contributed by atoms with Crippen LogP contribution in [0.2, 0.25) is 10.0 Å². The number of carbonyl (C=O) groups excluding carboxylic acids is 1. The van der Waals surface area contributed by atoms with Crippen LogP contribution in [0.5, 0.6) is 0 Å². The first-order valence-corrected chi connectivity index (χ1v) is 9.44. The van der Waals surface area contributed by atoms with E-state index in [1.165, 1.54) is 4.68 Å². The molecule has 0 atom stereocenters. The molecule has 0 unspecified atom stereocenters. The highest BCUT2D eigenvalue weighted by Gasteiger charge is 2.24. The summed E-state index contributed by atoms with van der Waals surface area (Å²) in [6, 6.07) is 6.84. The van der Waals surface area contributed by atoms with Crippen LogP contribution in [-0.4, -0.2) is 30.4 Å². The van der Waals surface area contributed by atoms with Gasteiger partial charge in [-0.05, 0) is 39.9 Å². The van der Waals surface area contributed by atoms with Gasteiger partial charge in [0.2, 0.25) is 5.91 Å². The summed E-state index contributed by atoms with van der Waals surface area (Å²) in [4.78, 5) is 22.6. The molecule has 0 bridgehead atoms. The van der Waals surface area contributed by atoms with Crippen molar-refractivity contribution in [3.63, 3.8) is 0 Å². The predicted octanol–water partition coefficient (Wildman–Crippen LogP) is 4.05. The molecule has 0 aliphatic heterocycles. The van der Waals surface area contributed by atoms with E-state index >= 15 is 0 Å². The summed E-state index contributed by atoms with van der Waals surface area (Å²) in [5.74, 6) is -0.438. The lowest BCUT2D eigenvalue weighted by molar-refractivity contribution is -0.390. The molecular weight excluding hydrogens is 475 g/mol. The minimum Gasteiger partial charge on any atom is -0.358 e. The lowest BCUT2D eigenvalue weighted by Crippen LogP contribution is -2.20. The first kappa shape index (κ1) is 20.3. The van der Waals surface area contributed by atoms with Crippen LogP contribution < -0.4 is 5.32 Å². The van der Waals surface area contributed by atoms with Crippen LogP contribution in [0.25, 0.3) is 0 Å². The van der Waals surface area contributed by atoms with Gasteiger partial charge in [0.1, 0.15) is 11.0 Å². The summed E-state index contributed by atoms with van der Waals surface area (Å²) >= 11 is 15.4. The van der Waals surface area contributed by atoms with Crippen molar-refractivity contribution in [2.75, 3.05) is 5.32 Å². The van der Waals surface area contributed by atoms with Crippen molar-refractivity contribution in [3.8, 4) is 0 Å². The molecule has 0 aliphatic carbocycles. The third-order valence-corrected chi connectivity index (χ3v) is 5.51. The van der Waals surface area contributed by atoms with Gasteiger partial charge in [0.05, 0.1) is 17.3 Å². The zero-order valence-corrected chi connectivity index (χ0v) is 17.5. The monoisotopic (exact) mass is 486 g/mol. The number of rotatable bonds is 6. The van der Waals surface area contributed by atoms with Gasteiger partial charge in [-0.15, -0.1) is 0 Å². The maximum Gasteiger partial charge on any atom is 0.404 e. The van der Waals surface area contributed by atoms with Gasteiger partial charge >= 0.3 is 5.82 Å². The highest BCUT2D eigenvalue weighted by Crippen LogP contribution is 2.27. The van der Waals surface area contributed by atoms with Crippen LogP contribution in [0.4, 0.5) is 11.6 Å². The van der Waals surface area contributed by atoms with E-state index in [-0.39, 0.29) is 16.8 Å². The third-order valence-electron chi connectivity index (χ3n) is 3.87. The predicted molar refractivity (Wildman–Crippen MR) is 108 cm³/mol. The lowest BCUT2D eigenvalue weighted by atomic mass is 10.2. The van der Waals surface area contributed by atoms with Gasteiger partial charge in [-0.3, -0.25) is 9.48 Å². The maximum atomic E-state index is 12.3. The molecule has 9 nitrogen and oxygen atoms in total. The zero-order valence-electron chi connectivity index (χ0n) is 14.4. The number of nitro groups is 1. The smallest absolute Gasteiger partial charge is 0.358 e. The molecule has 1 amide bonds. The molecule has 28 heavy (non-hydrogen) atoms. The Kier molecular flexibility index (Phi) is 6.01. The number of anilines is 1. The molecule has 0 saturated heterocycles. The third kappa shape index (κ3) is 4.34. The Bertz CT molecular complexity index is 1040. The van der Waals surface area contributed by atoms with Gasteiger partial charge in [-0.1, -0.05) is 29.3 Å². The number of hydrogen-bond donors (Lipinski definition) is 1. The van der Waals surface area contributed by atoms with E-state index in [0.717, 1.165) is 5.56 Å². The van der Waals surface area contributed by atoms with E-state index < -0.39 is 10.8 Å². The summed E-state index contributed by atoms with van der Waals surface area (Å²) in [6.45, 7) is 1.77. The quantitative estimate of drug-likeness (QED) is 0.416. The zero-order chi connectivity index (χ0) is 20.4. The fraction of sp³-hybridized carbons (Fsp3) is 0.188. The Morgan fingerprint density at radius 2 is 1.96 bits per heavy atom. The number of nitrogens with one attached hydrogen (secondary N) is 1. The fourth-order valence-electron chi connectivity index (χ4n) is 2.46. The lowest BCUT2D eigenvalue weighted by Gasteiger charge is -2.07. The normalized spacial score (nSPS) is 10.9. The number of aromatic nitrogens is 4. The molecule has 0 aliphatic rings. The molecular formula is C16H13BrCl2N6O3. The van der Waals surface area contributed by atoms with Gasteiger partial charge in [-0.25, -0.2) is 0 Å². The molecule has 146 valence electrons. The first-order chi connectivity index (χ1) is 13.3. The van der Waals surface area contributed by atoms with Crippen LogP contribution in [-0.2, 0) is 17.9 Å². The number of nitrogens with zero attached hydrogens (tertiary/aromatic N) is 5. The second kappa shape index (κ2) is 8.29. The van der Waals surface area contributed by atoms with E-state index in [9.17, 15) is 14.9 Å². The molecule has 0 radical (unpaired) electrons. The summed E-state index contributed by atoms with van der Waals surface area (Å²) in [5.41, 5.74) is 1.19. The summed E-state index contributed by atoms with van der Waals surface area (Å²) in [6.07, 6.45) is 1.68. The number of halogens is 3. The molecule has 0 spiro atoms. The van der Waals surface area contributed by atoms with Crippen molar-refractivity contribution in [2.24, 2.45) is 0 Å². The Hall–Kier alpha value is -2.43. The molecule has 2 heterocycles. The van der Waals surface area contributed by atoms with Crippen LogP contribution in [0, 0.1) is 17.0 Å². The summed E-state index contributed by atoms with van der Waals surface area (Å²) < 4.78 is 3.08. The molecule has 1 aromatic carbocycles. The van der Waals surface area contributed by atoms with Crippen molar-refractivity contribution in [3.05, 3.63) is 66.4 Å². The van der Waals surface area contributed by atoms with E-state index in [1.807, 2.05) is 0 Å². The highest BCUT2D eigenvalue weighted by atomic mass is 79.9. The van der Waals surface area contributed by atoms with E-state index in [2.05, 4.69) is 31.4 Å². The SMILES string of the molecule is Cc1c(Br)c([N+](=O)[O-])nn1CC(=O)Nc1ccn(Cc2c(Cl)cccc2Cl)n1. The van der Waals surface area contributed by atoms with E-state index in [4.69, 9.17) is 23.2 Å². The minimum absolute atomic E-state index is 0.193. The molecule has 0 fully saturated rings. The molecule has 0 saturated carbocycles.